The molecule has 19 heavy (non-hydrogen) atoms. The second-order valence-corrected chi connectivity index (χ2v) is 5.40. The van der Waals surface area contributed by atoms with Crippen LogP contribution in [0.15, 0.2) is 24.3 Å². The molecule has 106 valence electrons. The minimum absolute atomic E-state index is 0.0967. The molecule has 2 rings (SSSR count). The summed E-state index contributed by atoms with van der Waals surface area (Å²) in [4.78, 5) is 0. The molecule has 1 fully saturated rings. The first-order valence-corrected chi connectivity index (χ1v) is 7.23. The largest absolute Gasteiger partial charge is 0.494 e. The van der Waals surface area contributed by atoms with Gasteiger partial charge in [0.15, 0.2) is 0 Å². The molecule has 3 nitrogen and oxygen atoms in total. The van der Waals surface area contributed by atoms with Crippen LogP contribution in [-0.4, -0.2) is 25.9 Å². The Kier molecular flexibility index (Phi) is 4.83. The number of nitrogens with one attached hydrogen (secondary N) is 1. The van der Waals surface area contributed by atoms with E-state index in [9.17, 15) is 0 Å². The van der Waals surface area contributed by atoms with Gasteiger partial charge in [0.1, 0.15) is 5.75 Å². The number of hydrogen-bond acceptors (Lipinski definition) is 3. The predicted molar refractivity (Wildman–Crippen MR) is 77.6 cm³/mol. The smallest absolute Gasteiger partial charge is 0.119 e. The maximum atomic E-state index is 5.95. The summed E-state index contributed by atoms with van der Waals surface area (Å²) in [5.41, 5.74) is 1.16. The van der Waals surface area contributed by atoms with Gasteiger partial charge in [-0.25, -0.2) is 0 Å². The van der Waals surface area contributed by atoms with E-state index in [1.54, 1.807) is 0 Å². The highest BCUT2D eigenvalue weighted by Crippen LogP contribution is 2.37. The zero-order chi connectivity index (χ0) is 13.7. The van der Waals surface area contributed by atoms with Crippen molar-refractivity contribution in [1.29, 1.82) is 0 Å². The van der Waals surface area contributed by atoms with Crippen molar-refractivity contribution in [3.05, 3.63) is 29.8 Å². The third kappa shape index (κ3) is 3.28. The minimum Gasteiger partial charge on any atom is -0.494 e. The summed E-state index contributed by atoms with van der Waals surface area (Å²) >= 11 is 0. The summed E-state index contributed by atoms with van der Waals surface area (Å²) in [6.07, 6.45) is 3.28. The summed E-state index contributed by atoms with van der Waals surface area (Å²) < 4.78 is 11.6. The molecular formula is C16H25NO2. The van der Waals surface area contributed by atoms with Crippen LogP contribution in [0.25, 0.3) is 0 Å². The van der Waals surface area contributed by atoms with Gasteiger partial charge in [0, 0.05) is 6.61 Å². The zero-order valence-electron chi connectivity index (χ0n) is 12.2. The third-order valence-corrected chi connectivity index (χ3v) is 3.83. The second-order valence-electron chi connectivity index (χ2n) is 5.40. The highest BCUT2D eigenvalue weighted by molar-refractivity contribution is 5.30. The Morgan fingerprint density at radius 1 is 1.37 bits per heavy atom. The Labute approximate surface area is 116 Å². The van der Waals surface area contributed by atoms with Gasteiger partial charge in [0.05, 0.1) is 18.2 Å². The fraction of sp³-hybridized carbons (Fsp3) is 0.625. The maximum absolute atomic E-state index is 5.95. The number of ether oxygens (including phenoxy) is 2. The van der Waals surface area contributed by atoms with Crippen molar-refractivity contribution in [2.45, 2.75) is 44.8 Å². The average molecular weight is 263 g/mol. The van der Waals surface area contributed by atoms with E-state index >= 15 is 0 Å². The molecule has 0 saturated carbocycles. The van der Waals surface area contributed by atoms with Crippen molar-refractivity contribution in [2.75, 3.05) is 20.3 Å². The normalized spacial score (nSPS) is 24.4. The second kappa shape index (κ2) is 6.40. The maximum Gasteiger partial charge on any atom is 0.119 e. The number of benzene rings is 1. The van der Waals surface area contributed by atoms with E-state index in [4.69, 9.17) is 9.47 Å². The Hall–Kier alpha value is -1.06. The van der Waals surface area contributed by atoms with Gasteiger partial charge >= 0.3 is 0 Å². The Morgan fingerprint density at radius 2 is 2.11 bits per heavy atom. The molecule has 0 aliphatic carbocycles. The van der Waals surface area contributed by atoms with Gasteiger partial charge in [-0.3, -0.25) is 0 Å². The van der Waals surface area contributed by atoms with E-state index in [2.05, 4.69) is 31.3 Å². The lowest BCUT2D eigenvalue weighted by Crippen LogP contribution is -2.39. The van der Waals surface area contributed by atoms with Gasteiger partial charge in [0.2, 0.25) is 0 Å². The fourth-order valence-corrected chi connectivity index (χ4v) is 2.83. The molecule has 1 aromatic rings. The summed E-state index contributed by atoms with van der Waals surface area (Å²) in [7, 11) is 2.00. The van der Waals surface area contributed by atoms with Crippen LogP contribution in [0.2, 0.25) is 0 Å². The first-order chi connectivity index (χ1) is 9.19. The minimum atomic E-state index is -0.0967. The molecule has 1 aliphatic heterocycles. The molecule has 1 aromatic carbocycles. The Balaban J connectivity index is 2.10. The van der Waals surface area contributed by atoms with Crippen LogP contribution >= 0.6 is 0 Å². The van der Waals surface area contributed by atoms with Crippen molar-refractivity contribution in [3.63, 3.8) is 0 Å². The van der Waals surface area contributed by atoms with Crippen LogP contribution in [0.4, 0.5) is 0 Å². The van der Waals surface area contributed by atoms with Gasteiger partial charge < -0.3 is 14.8 Å². The molecule has 0 radical (unpaired) electrons. The van der Waals surface area contributed by atoms with E-state index in [0.717, 1.165) is 38.2 Å². The lowest BCUT2D eigenvalue weighted by Gasteiger charge is -2.33. The standard InChI is InChI=1S/C16H25NO2/c1-4-11-18-14-8-6-13(7-9-14)15(17-3)16(2)10-5-12-19-16/h6-9,15,17H,4-5,10-12H2,1-3H3. The van der Waals surface area contributed by atoms with E-state index in [1.807, 2.05) is 19.2 Å². The molecule has 1 N–H and O–H groups in total. The predicted octanol–water partition coefficient (Wildman–Crippen LogP) is 3.31. The lowest BCUT2D eigenvalue weighted by molar-refractivity contribution is -0.0104. The average Bonchev–Trinajstić information content (AvgIpc) is 2.86. The molecule has 1 saturated heterocycles. The third-order valence-electron chi connectivity index (χ3n) is 3.83. The van der Waals surface area contributed by atoms with Crippen molar-refractivity contribution >= 4 is 0 Å². The zero-order valence-corrected chi connectivity index (χ0v) is 12.2. The summed E-state index contributed by atoms with van der Waals surface area (Å²) in [5, 5.41) is 3.40. The lowest BCUT2D eigenvalue weighted by atomic mass is 9.88. The molecule has 2 unspecified atom stereocenters. The van der Waals surface area contributed by atoms with Crippen LogP contribution in [-0.2, 0) is 4.74 Å². The Bertz CT molecular complexity index is 382. The summed E-state index contributed by atoms with van der Waals surface area (Å²) in [6, 6.07) is 8.61. The monoisotopic (exact) mass is 263 g/mol. The quantitative estimate of drug-likeness (QED) is 0.854. The van der Waals surface area contributed by atoms with Gasteiger partial charge in [-0.15, -0.1) is 0 Å². The molecular weight excluding hydrogens is 238 g/mol. The van der Waals surface area contributed by atoms with Crippen molar-refractivity contribution < 1.29 is 9.47 Å². The first kappa shape index (κ1) is 14.4. The van der Waals surface area contributed by atoms with Crippen LogP contribution in [0.3, 0.4) is 0 Å². The molecule has 1 aliphatic rings. The van der Waals surface area contributed by atoms with Gasteiger partial charge in [-0.2, -0.15) is 0 Å². The molecule has 0 aromatic heterocycles. The van der Waals surface area contributed by atoms with Crippen LogP contribution in [0, 0.1) is 0 Å². The van der Waals surface area contributed by atoms with Gasteiger partial charge in [-0.05, 0) is 50.9 Å². The molecule has 0 amide bonds. The SMILES string of the molecule is CCCOc1ccc(C(NC)C2(C)CCCO2)cc1. The van der Waals surface area contributed by atoms with Crippen molar-refractivity contribution in [3.8, 4) is 5.75 Å². The van der Waals surface area contributed by atoms with Crippen LogP contribution in [0.1, 0.15) is 44.7 Å². The number of hydrogen-bond donors (Lipinski definition) is 1. The van der Waals surface area contributed by atoms with E-state index < -0.39 is 0 Å². The van der Waals surface area contributed by atoms with Gasteiger partial charge in [0.25, 0.3) is 0 Å². The van der Waals surface area contributed by atoms with E-state index in [-0.39, 0.29) is 11.6 Å². The van der Waals surface area contributed by atoms with Crippen molar-refractivity contribution in [1.82, 2.24) is 5.32 Å². The van der Waals surface area contributed by atoms with Crippen LogP contribution < -0.4 is 10.1 Å². The van der Waals surface area contributed by atoms with Crippen LogP contribution in [0.5, 0.6) is 5.75 Å². The molecule has 0 bridgehead atoms. The molecule has 1 heterocycles. The molecule has 2 atom stereocenters. The highest BCUT2D eigenvalue weighted by Gasteiger charge is 2.38. The number of likely N-dealkylation sites (N-methyl/N-ethyl adjacent to an activating group) is 1. The Morgan fingerprint density at radius 3 is 2.63 bits per heavy atom. The number of rotatable bonds is 6. The van der Waals surface area contributed by atoms with E-state index in [0.29, 0.717) is 0 Å². The highest BCUT2D eigenvalue weighted by atomic mass is 16.5. The van der Waals surface area contributed by atoms with Gasteiger partial charge in [-0.1, -0.05) is 19.1 Å². The fourth-order valence-electron chi connectivity index (χ4n) is 2.83. The van der Waals surface area contributed by atoms with Crippen molar-refractivity contribution in [2.24, 2.45) is 0 Å². The molecule has 3 heteroatoms. The molecule has 0 spiro atoms. The summed E-state index contributed by atoms with van der Waals surface area (Å²) in [5.74, 6) is 0.943. The topological polar surface area (TPSA) is 30.5 Å². The first-order valence-electron chi connectivity index (χ1n) is 7.23. The van der Waals surface area contributed by atoms with E-state index in [1.165, 1.54) is 5.56 Å². The summed E-state index contributed by atoms with van der Waals surface area (Å²) in [6.45, 7) is 5.95.